The van der Waals surface area contributed by atoms with Gasteiger partial charge in [-0.15, -0.1) is 0 Å². The summed E-state index contributed by atoms with van der Waals surface area (Å²) in [5.41, 5.74) is 13.3. The van der Waals surface area contributed by atoms with E-state index in [2.05, 4.69) is 206 Å². The largest absolute Gasteiger partial charge is 0.507 e. The number of phenols is 1. The summed E-state index contributed by atoms with van der Waals surface area (Å²) in [6, 6.07) is 61.8. The van der Waals surface area contributed by atoms with Crippen molar-refractivity contribution in [3.05, 3.63) is 204 Å². The zero-order chi connectivity index (χ0) is 42.9. The molecule has 8 rings (SSSR count). The van der Waals surface area contributed by atoms with Gasteiger partial charge >= 0.3 is 0 Å². The third-order valence-electron chi connectivity index (χ3n) is 11.8. The fourth-order valence-electron chi connectivity index (χ4n) is 8.08. The van der Waals surface area contributed by atoms with Crippen LogP contribution in [-0.2, 0) is 16.2 Å². The molecule has 6 aromatic carbocycles. The molecule has 304 valence electrons. The molecule has 61 heavy (non-hydrogen) atoms. The van der Waals surface area contributed by atoms with Crippen molar-refractivity contribution in [2.24, 2.45) is 0 Å². The van der Waals surface area contributed by atoms with Crippen LogP contribution < -0.4 is 4.90 Å². The molecule has 0 unspecified atom stereocenters. The summed E-state index contributed by atoms with van der Waals surface area (Å²) >= 11 is 0. The van der Waals surface area contributed by atoms with Crippen LogP contribution in [0.2, 0.25) is 0 Å². The number of rotatable bonds is 9. The molecule has 4 heteroatoms. The molecule has 8 aromatic rings. The second-order valence-electron chi connectivity index (χ2n) is 18.6. The number of phenolic OH excluding ortho intramolecular Hbond substituents is 1. The molecule has 0 aliphatic rings. The van der Waals surface area contributed by atoms with Crippen LogP contribution in [0.3, 0.4) is 0 Å². The Morgan fingerprint density at radius 2 is 0.984 bits per heavy atom. The summed E-state index contributed by atoms with van der Waals surface area (Å²) in [4.78, 5) is 12.5. The monoisotopic (exact) mass is 797 g/mol. The molecule has 2 aromatic heterocycles. The first-order valence-electron chi connectivity index (χ1n) is 21.2. The standard InChI is InChI=1S/C57H55N3O/c1-55(2,3)46-37-49(54(61)50(38-46)56(4,5)6)52-36-42(39-20-12-9-13-21-39)35-51(59-52)43-32-41(40-27-29-45(30-28-40)57(7,8)44-22-14-10-15-23-44)33-48(34-43)60(47-24-16-11-17-25-47)53-26-18-19-31-58-53/h9-38,61H,1-8H3. The smallest absolute Gasteiger partial charge is 0.137 e. The average Bonchev–Trinajstić information content (AvgIpc) is 3.27. The van der Waals surface area contributed by atoms with Crippen molar-refractivity contribution < 1.29 is 5.11 Å². The summed E-state index contributed by atoms with van der Waals surface area (Å²) in [7, 11) is 0. The van der Waals surface area contributed by atoms with Crippen LogP contribution in [-0.4, -0.2) is 15.1 Å². The Morgan fingerprint density at radius 3 is 1.61 bits per heavy atom. The van der Waals surface area contributed by atoms with Crippen LogP contribution in [0.15, 0.2) is 182 Å². The Kier molecular flexibility index (Phi) is 11.0. The number of hydrogen-bond acceptors (Lipinski definition) is 4. The molecule has 4 nitrogen and oxygen atoms in total. The lowest BCUT2D eigenvalue weighted by molar-refractivity contribution is 0.446. The van der Waals surface area contributed by atoms with E-state index in [1.165, 1.54) is 11.1 Å². The van der Waals surface area contributed by atoms with Gasteiger partial charge in [-0.2, -0.15) is 0 Å². The normalized spacial score (nSPS) is 12.0. The third-order valence-corrected chi connectivity index (χ3v) is 11.8. The number of nitrogens with zero attached hydrogens (tertiary/aromatic N) is 3. The molecular formula is C57H55N3O. The van der Waals surface area contributed by atoms with Crippen molar-refractivity contribution in [1.29, 1.82) is 0 Å². The summed E-state index contributed by atoms with van der Waals surface area (Å²) < 4.78 is 0. The number of anilines is 3. The molecule has 0 radical (unpaired) electrons. The van der Waals surface area contributed by atoms with Gasteiger partial charge in [-0.05, 0) is 110 Å². The number of pyridine rings is 2. The molecule has 2 heterocycles. The van der Waals surface area contributed by atoms with Crippen LogP contribution in [0, 0.1) is 0 Å². The number of aromatic hydroxyl groups is 1. The average molecular weight is 798 g/mol. The van der Waals surface area contributed by atoms with Gasteiger partial charge in [0.25, 0.3) is 0 Å². The van der Waals surface area contributed by atoms with Gasteiger partial charge < -0.3 is 5.11 Å². The predicted octanol–water partition coefficient (Wildman–Crippen LogP) is 15.2. The predicted molar refractivity (Wildman–Crippen MR) is 256 cm³/mol. The van der Waals surface area contributed by atoms with Crippen molar-refractivity contribution in [3.8, 4) is 50.5 Å². The van der Waals surface area contributed by atoms with Gasteiger partial charge in [0.2, 0.25) is 0 Å². The molecule has 0 amide bonds. The highest BCUT2D eigenvalue weighted by atomic mass is 16.3. The van der Waals surface area contributed by atoms with Crippen molar-refractivity contribution in [2.45, 2.75) is 71.6 Å². The third kappa shape index (κ3) is 8.63. The van der Waals surface area contributed by atoms with E-state index in [1.54, 1.807) is 0 Å². The van der Waals surface area contributed by atoms with Gasteiger partial charge in [-0.1, -0.05) is 171 Å². The highest BCUT2D eigenvalue weighted by Crippen LogP contribution is 2.45. The summed E-state index contributed by atoms with van der Waals surface area (Å²) in [6.07, 6.45) is 1.84. The Balaban J connectivity index is 1.38. The van der Waals surface area contributed by atoms with Gasteiger partial charge in [-0.3, -0.25) is 4.90 Å². The van der Waals surface area contributed by atoms with E-state index < -0.39 is 0 Å². The Hall–Kier alpha value is -6.78. The van der Waals surface area contributed by atoms with Crippen LogP contribution in [0.5, 0.6) is 5.75 Å². The Bertz CT molecular complexity index is 2730. The molecule has 0 aliphatic heterocycles. The van der Waals surface area contributed by atoms with Crippen LogP contribution >= 0.6 is 0 Å². The zero-order valence-corrected chi connectivity index (χ0v) is 36.6. The number of benzene rings is 6. The molecule has 0 bridgehead atoms. The topological polar surface area (TPSA) is 49.2 Å². The number of para-hydroxylation sites is 1. The van der Waals surface area contributed by atoms with E-state index in [0.717, 1.165) is 73.1 Å². The van der Waals surface area contributed by atoms with Gasteiger partial charge in [0.1, 0.15) is 11.6 Å². The van der Waals surface area contributed by atoms with E-state index in [4.69, 9.17) is 9.97 Å². The molecular weight excluding hydrogens is 743 g/mol. The minimum absolute atomic E-state index is 0.149. The summed E-state index contributed by atoms with van der Waals surface area (Å²) in [6.45, 7) is 17.7. The van der Waals surface area contributed by atoms with E-state index in [0.29, 0.717) is 0 Å². The molecule has 1 N–H and O–H groups in total. The lowest BCUT2D eigenvalue weighted by atomic mass is 9.78. The van der Waals surface area contributed by atoms with E-state index in [9.17, 15) is 5.11 Å². The second kappa shape index (κ2) is 16.3. The van der Waals surface area contributed by atoms with Gasteiger partial charge in [0.05, 0.1) is 11.4 Å². The summed E-state index contributed by atoms with van der Waals surface area (Å²) in [5.74, 6) is 1.07. The van der Waals surface area contributed by atoms with Crippen molar-refractivity contribution in [1.82, 2.24) is 9.97 Å². The van der Waals surface area contributed by atoms with Crippen LogP contribution in [0.1, 0.15) is 77.6 Å². The SMILES string of the molecule is CC(C)(C)c1cc(-c2cc(-c3ccccc3)cc(-c3cc(-c4ccc(C(C)(C)c5ccccc5)cc4)cc(N(c4ccccc4)c4ccccn4)c3)n2)c(O)c(C(C)(C)C)c1. The maximum absolute atomic E-state index is 12.2. The Morgan fingerprint density at radius 1 is 0.426 bits per heavy atom. The zero-order valence-electron chi connectivity index (χ0n) is 36.6. The first kappa shape index (κ1) is 41.0. The number of aromatic nitrogens is 2. The minimum atomic E-state index is -0.290. The van der Waals surface area contributed by atoms with Crippen molar-refractivity contribution >= 4 is 17.2 Å². The second-order valence-corrected chi connectivity index (χ2v) is 18.6. The highest BCUT2D eigenvalue weighted by Gasteiger charge is 2.27. The lowest BCUT2D eigenvalue weighted by Gasteiger charge is -2.28. The fourth-order valence-corrected chi connectivity index (χ4v) is 8.08. The highest BCUT2D eigenvalue weighted by molar-refractivity contribution is 5.86. The quantitative estimate of drug-likeness (QED) is 0.158. The maximum atomic E-state index is 12.2. The van der Waals surface area contributed by atoms with E-state index in [-0.39, 0.29) is 22.0 Å². The molecule has 0 saturated heterocycles. The van der Waals surface area contributed by atoms with Crippen molar-refractivity contribution in [3.63, 3.8) is 0 Å². The van der Waals surface area contributed by atoms with Crippen molar-refractivity contribution in [2.75, 3.05) is 4.90 Å². The molecule has 0 spiro atoms. The molecule has 0 atom stereocenters. The lowest BCUT2D eigenvalue weighted by Crippen LogP contribution is -2.18. The summed E-state index contributed by atoms with van der Waals surface area (Å²) in [5, 5.41) is 12.2. The van der Waals surface area contributed by atoms with E-state index >= 15 is 0 Å². The van der Waals surface area contributed by atoms with Gasteiger partial charge in [0.15, 0.2) is 0 Å². The fraction of sp³-hybridized carbons (Fsp3) is 0.193. The van der Waals surface area contributed by atoms with Crippen LogP contribution in [0.25, 0.3) is 44.8 Å². The van der Waals surface area contributed by atoms with Gasteiger partial charge in [-0.25, -0.2) is 9.97 Å². The van der Waals surface area contributed by atoms with E-state index in [1.807, 2.05) is 36.5 Å². The van der Waals surface area contributed by atoms with Gasteiger partial charge in [0, 0.05) is 39.7 Å². The Labute approximate surface area is 362 Å². The number of hydrogen-bond donors (Lipinski definition) is 1. The first-order valence-corrected chi connectivity index (χ1v) is 21.2. The molecule has 0 fully saturated rings. The molecule has 0 saturated carbocycles. The molecule has 0 aliphatic carbocycles. The maximum Gasteiger partial charge on any atom is 0.137 e. The first-order chi connectivity index (χ1) is 29.2. The minimum Gasteiger partial charge on any atom is -0.507 e. The van der Waals surface area contributed by atoms with Crippen LogP contribution in [0.4, 0.5) is 17.2 Å².